The van der Waals surface area contributed by atoms with Gasteiger partial charge in [-0.1, -0.05) is 30.3 Å². The van der Waals surface area contributed by atoms with Crippen LogP contribution in [0.4, 0.5) is 5.69 Å². The van der Waals surface area contributed by atoms with Crippen LogP contribution in [0.5, 0.6) is 0 Å². The van der Waals surface area contributed by atoms with Crippen molar-refractivity contribution in [2.24, 2.45) is 0 Å². The van der Waals surface area contributed by atoms with E-state index in [2.05, 4.69) is 15.6 Å². The second-order valence-corrected chi connectivity index (χ2v) is 5.35. The summed E-state index contributed by atoms with van der Waals surface area (Å²) < 4.78 is 5.27. The fourth-order valence-electron chi connectivity index (χ4n) is 2.32. The molecule has 2 aromatic heterocycles. The van der Waals surface area contributed by atoms with Gasteiger partial charge in [0.15, 0.2) is 0 Å². The van der Waals surface area contributed by atoms with E-state index >= 15 is 0 Å². The molecule has 0 aliphatic carbocycles. The number of nitrogens with zero attached hydrogens (tertiary/aromatic N) is 1. The lowest BCUT2D eigenvalue weighted by Gasteiger charge is -2.08. The maximum absolute atomic E-state index is 12.2. The fourth-order valence-corrected chi connectivity index (χ4v) is 2.32. The first-order chi connectivity index (χ1) is 11.8. The van der Waals surface area contributed by atoms with E-state index in [4.69, 9.17) is 4.42 Å². The first kappa shape index (κ1) is 15.8. The molecule has 122 valence electrons. The van der Waals surface area contributed by atoms with Crippen LogP contribution >= 0.6 is 0 Å². The van der Waals surface area contributed by atoms with Gasteiger partial charge < -0.3 is 15.1 Å². The van der Waals surface area contributed by atoms with E-state index in [1.807, 2.05) is 48.5 Å². The molecular formula is C19H19N3O2. The molecule has 0 fully saturated rings. The molecule has 3 rings (SSSR count). The zero-order valence-electron chi connectivity index (χ0n) is 13.2. The third-order valence-corrected chi connectivity index (χ3v) is 3.58. The van der Waals surface area contributed by atoms with Gasteiger partial charge in [-0.15, -0.1) is 0 Å². The Morgan fingerprint density at radius 3 is 2.75 bits per heavy atom. The minimum Gasteiger partial charge on any atom is -0.467 e. The number of benzene rings is 1. The van der Waals surface area contributed by atoms with Gasteiger partial charge in [0.2, 0.25) is 0 Å². The lowest BCUT2D eigenvalue weighted by molar-refractivity contribution is 0.0949. The predicted molar refractivity (Wildman–Crippen MR) is 92.8 cm³/mol. The molecule has 0 radical (unpaired) electrons. The summed E-state index contributed by atoms with van der Waals surface area (Å²) in [5, 5.41) is 6.11. The number of hydrogen-bond acceptors (Lipinski definition) is 4. The van der Waals surface area contributed by atoms with Crippen molar-refractivity contribution < 1.29 is 9.21 Å². The summed E-state index contributed by atoms with van der Waals surface area (Å²) in [4.78, 5) is 16.3. The number of carbonyl (C=O) groups is 1. The van der Waals surface area contributed by atoms with Crippen LogP contribution in [0.25, 0.3) is 0 Å². The second kappa shape index (κ2) is 7.97. The minimum absolute atomic E-state index is 0.174. The van der Waals surface area contributed by atoms with Gasteiger partial charge in [0.05, 0.1) is 12.8 Å². The predicted octanol–water partition coefficient (Wildman–Crippen LogP) is 3.26. The summed E-state index contributed by atoms with van der Waals surface area (Å²) in [5.74, 6) is 0.660. The largest absolute Gasteiger partial charge is 0.467 e. The Morgan fingerprint density at radius 1 is 1.08 bits per heavy atom. The van der Waals surface area contributed by atoms with Gasteiger partial charge in [0, 0.05) is 18.4 Å². The average Bonchev–Trinajstić information content (AvgIpc) is 3.15. The first-order valence-electron chi connectivity index (χ1n) is 7.86. The molecule has 0 unspecified atom stereocenters. The fraction of sp³-hybridized carbons (Fsp3) is 0.158. The Labute approximate surface area is 140 Å². The van der Waals surface area contributed by atoms with Crippen molar-refractivity contribution in [3.05, 3.63) is 84.1 Å². The minimum atomic E-state index is -0.174. The third kappa shape index (κ3) is 4.46. The standard InChI is InChI=1S/C19H19N3O2/c23-19(21-10-8-15-5-2-1-3-6-15)18-13-16(9-11-20-18)22-14-17-7-4-12-24-17/h1-7,9,11-13H,8,10,14H2,(H,20,22)(H,21,23). The van der Waals surface area contributed by atoms with Gasteiger partial charge in [0.1, 0.15) is 11.5 Å². The second-order valence-electron chi connectivity index (χ2n) is 5.35. The van der Waals surface area contributed by atoms with E-state index in [1.54, 1.807) is 18.5 Å². The maximum Gasteiger partial charge on any atom is 0.269 e. The van der Waals surface area contributed by atoms with Gasteiger partial charge in [-0.3, -0.25) is 9.78 Å². The van der Waals surface area contributed by atoms with Crippen molar-refractivity contribution in [1.82, 2.24) is 10.3 Å². The van der Waals surface area contributed by atoms with Gasteiger partial charge in [-0.2, -0.15) is 0 Å². The van der Waals surface area contributed by atoms with Crippen LogP contribution in [0, 0.1) is 0 Å². The molecule has 0 aliphatic rings. The highest BCUT2D eigenvalue weighted by atomic mass is 16.3. The van der Waals surface area contributed by atoms with Crippen LogP contribution in [0.15, 0.2) is 71.5 Å². The van der Waals surface area contributed by atoms with E-state index < -0.39 is 0 Å². The Morgan fingerprint density at radius 2 is 1.96 bits per heavy atom. The number of pyridine rings is 1. The van der Waals surface area contributed by atoms with Gasteiger partial charge in [-0.05, 0) is 36.2 Å². The Kier molecular flexibility index (Phi) is 5.24. The van der Waals surface area contributed by atoms with Crippen LogP contribution in [0.1, 0.15) is 21.8 Å². The number of carbonyl (C=O) groups excluding carboxylic acids is 1. The highest BCUT2D eigenvalue weighted by molar-refractivity contribution is 5.93. The number of rotatable bonds is 7. The van der Waals surface area contributed by atoms with Gasteiger partial charge in [0.25, 0.3) is 5.91 Å². The summed E-state index contributed by atoms with van der Waals surface area (Å²) in [6.45, 7) is 1.14. The Hall–Kier alpha value is -3.08. The molecule has 5 heteroatoms. The van der Waals surface area contributed by atoms with E-state index in [0.29, 0.717) is 18.8 Å². The number of nitrogens with one attached hydrogen (secondary N) is 2. The summed E-state index contributed by atoms with van der Waals surface area (Å²) >= 11 is 0. The molecule has 2 heterocycles. The number of furan rings is 1. The van der Waals surface area contributed by atoms with Crippen LogP contribution in [0.3, 0.4) is 0 Å². The smallest absolute Gasteiger partial charge is 0.269 e. The quantitative estimate of drug-likeness (QED) is 0.701. The zero-order valence-corrected chi connectivity index (χ0v) is 13.2. The van der Waals surface area contributed by atoms with Crippen molar-refractivity contribution in [3.8, 4) is 0 Å². The summed E-state index contributed by atoms with van der Waals surface area (Å²) in [6.07, 6.45) is 4.05. The van der Waals surface area contributed by atoms with E-state index in [-0.39, 0.29) is 5.91 Å². The topological polar surface area (TPSA) is 67.2 Å². The van der Waals surface area contributed by atoms with Gasteiger partial charge >= 0.3 is 0 Å². The summed E-state index contributed by atoms with van der Waals surface area (Å²) in [5.41, 5.74) is 2.42. The maximum atomic E-state index is 12.2. The average molecular weight is 321 g/mol. The van der Waals surface area contributed by atoms with E-state index in [9.17, 15) is 4.79 Å². The van der Waals surface area contributed by atoms with Crippen LogP contribution < -0.4 is 10.6 Å². The van der Waals surface area contributed by atoms with Crippen LogP contribution in [0.2, 0.25) is 0 Å². The Bertz CT molecular complexity index is 770. The molecule has 24 heavy (non-hydrogen) atoms. The monoisotopic (exact) mass is 321 g/mol. The molecule has 0 bridgehead atoms. The molecule has 0 spiro atoms. The van der Waals surface area contributed by atoms with Crippen molar-refractivity contribution >= 4 is 11.6 Å². The van der Waals surface area contributed by atoms with Crippen molar-refractivity contribution in [3.63, 3.8) is 0 Å². The molecule has 1 amide bonds. The number of anilines is 1. The van der Waals surface area contributed by atoms with Gasteiger partial charge in [-0.25, -0.2) is 0 Å². The van der Waals surface area contributed by atoms with E-state index in [0.717, 1.165) is 17.9 Å². The van der Waals surface area contributed by atoms with E-state index in [1.165, 1.54) is 5.56 Å². The molecule has 3 aromatic rings. The molecule has 0 atom stereocenters. The lowest BCUT2D eigenvalue weighted by atomic mass is 10.1. The van der Waals surface area contributed by atoms with Crippen LogP contribution in [-0.4, -0.2) is 17.4 Å². The first-order valence-corrected chi connectivity index (χ1v) is 7.86. The number of aromatic nitrogens is 1. The van der Waals surface area contributed by atoms with Crippen molar-refractivity contribution in [2.75, 3.05) is 11.9 Å². The molecule has 1 aromatic carbocycles. The molecule has 0 aliphatic heterocycles. The molecular weight excluding hydrogens is 302 g/mol. The molecule has 0 saturated carbocycles. The van der Waals surface area contributed by atoms with Crippen molar-refractivity contribution in [1.29, 1.82) is 0 Å². The summed E-state index contributed by atoms with van der Waals surface area (Å²) in [6, 6.07) is 17.4. The molecule has 2 N–H and O–H groups in total. The highest BCUT2D eigenvalue weighted by Crippen LogP contribution is 2.10. The molecule has 0 saturated heterocycles. The summed E-state index contributed by atoms with van der Waals surface area (Å²) in [7, 11) is 0. The van der Waals surface area contributed by atoms with Crippen molar-refractivity contribution in [2.45, 2.75) is 13.0 Å². The SMILES string of the molecule is O=C(NCCc1ccccc1)c1cc(NCc2ccco2)ccn1. The zero-order chi connectivity index (χ0) is 16.6. The third-order valence-electron chi connectivity index (χ3n) is 3.58. The number of hydrogen-bond donors (Lipinski definition) is 2. The Balaban J connectivity index is 1.52. The van der Waals surface area contributed by atoms with Crippen LogP contribution in [-0.2, 0) is 13.0 Å². The lowest BCUT2D eigenvalue weighted by Crippen LogP contribution is -2.26. The molecule has 5 nitrogen and oxygen atoms in total. The highest BCUT2D eigenvalue weighted by Gasteiger charge is 2.07. The number of amides is 1. The normalized spacial score (nSPS) is 10.3.